The number of aromatic nitrogens is 4. The largest absolute Gasteiger partial charge is 0.391 e. The van der Waals surface area contributed by atoms with Crippen molar-refractivity contribution in [3.8, 4) is 5.82 Å². The Morgan fingerprint density at radius 1 is 1.07 bits per heavy atom. The minimum Gasteiger partial charge on any atom is -0.349 e. The number of nitrogens with one attached hydrogen (secondary N) is 1. The number of hydrogen-bond acceptors (Lipinski definition) is 4. The van der Waals surface area contributed by atoms with E-state index in [0.29, 0.717) is 0 Å². The molecule has 1 saturated carbocycles. The molecule has 1 aliphatic carbocycles. The van der Waals surface area contributed by atoms with Crippen molar-refractivity contribution in [1.82, 2.24) is 25.1 Å². The van der Waals surface area contributed by atoms with E-state index in [1.807, 2.05) is 0 Å². The summed E-state index contributed by atoms with van der Waals surface area (Å²) >= 11 is 0. The number of rotatable bonds is 3. The van der Waals surface area contributed by atoms with Crippen LogP contribution in [0.2, 0.25) is 0 Å². The first-order valence-electron chi connectivity index (χ1n) is 8.30. The molecule has 0 saturated heterocycles. The second kappa shape index (κ2) is 7.40. The Morgan fingerprint density at radius 3 is 2.25 bits per heavy atom. The Hall–Kier alpha value is -2.66. The van der Waals surface area contributed by atoms with Gasteiger partial charge in [0, 0.05) is 12.2 Å². The molecular formula is C16H15F6N5O. The van der Waals surface area contributed by atoms with E-state index in [9.17, 15) is 31.1 Å². The summed E-state index contributed by atoms with van der Waals surface area (Å²) in [5.74, 6) is -5.04. The SMILES string of the molecule is O=C(NC1C[C@H](C(F)(F)F)C[C@@H](C(F)(F)F)C1)c1cccnc1-n1cncn1. The van der Waals surface area contributed by atoms with Gasteiger partial charge in [-0.3, -0.25) is 4.79 Å². The molecule has 2 heterocycles. The van der Waals surface area contributed by atoms with Gasteiger partial charge in [-0.1, -0.05) is 0 Å². The molecule has 0 spiro atoms. The summed E-state index contributed by atoms with van der Waals surface area (Å²) in [5, 5.41) is 6.13. The maximum atomic E-state index is 13.1. The van der Waals surface area contributed by atoms with Crippen molar-refractivity contribution < 1.29 is 31.1 Å². The summed E-state index contributed by atoms with van der Waals surface area (Å²) in [5.41, 5.74) is -0.0364. The van der Waals surface area contributed by atoms with Gasteiger partial charge in [-0.15, -0.1) is 0 Å². The number of amides is 1. The summed E-state index contributed by atoms with van der Waals surface area (Å²) in [6.45, 7) is 0. The van der Waals surface area contributed by atoms with Crippen molar-refractivity contribution >= 4 is 5.91 Å². The zero-order valence-electron chi connectivity index (χ0n) is 14.2. The van der Waals surface area contributed by atoms with Crippen LogP contribution in [0.1, 0.15) is 29.6 Å². The molecule has 152 valence electrons. The van der Waals surface area contributed by atoms with Gasteiger partial charge in [0.05, 0.1) is 17.4 Å². The predicted octanol–water partition coefficient (Wildman–Crippen LogP) is 3.30. The molecule has 1 amide bonds. The van der Waals surface area contributed by atoms with Gasteiger partial charge in [-0.2, -0.15) is 31.4 Å². The van der Waals surface area contributed by atoms with Crippen LogP contribution >= 0.6 is 0 Å². The lowest BCUT2D eigenvalue weighted by molar-refractivity contribution is -0.225. The smallest absolute Gasteiger partial charge is 0.349 e. The lowest BCUT2D eigenvalue weighted by Crippen LogP contribution is -2.47. The third kappa shape index (κ3) is 4.42. The highest BCUT2D eigenvalue weighted by Crippen LogP contribution is 2.45. The summed E-state index contributed by atoms with van der Waals surface area (Å²) in [7, 11) is 0. The standard InChI is InChI=1S/C16H15F6N5O/c17-15(18,19)9-4-10(16(20,21)22)6-11(5-9)26-14(28)12-2-1-3-24-13(12)27-8-23-7-25-27/h1-3,7-11H,4-6H2,(H,26,28)/t9-,10-/m1/s1. The van der Waals surface area contributed by atoms with Gasteiger partial charge in [-0.25, -0.2) is 14.6 Å². The number of carbonyl (C=O) groups excluding carboxylic acids is 1. The zero-order chi connectivity index (χ0) is 20.5. The zero-order valence-corrected chi connectivity index (χ0v) is 14.2. The van der Waals surface area contributed by atoms with Crippen molar-refractivity contribution in [2.75, 3.05) is 0 Å². The molecule has 0 aliphatic heterocycles. The Morgan fingerprint density at radius 2 is 1.71 bits per heavy atom. The minimum absolute atomic E-state index is 0.0364. The average Bonchev–Trinajstić information content (AvgIpc) is 3.14. The maximum absolute atomic E-state index is 13.1. The first-order chi connectivity index (χ1) is 13.1. The van der Waals surface area contributed by atoms with Crippen LogP contribution in [-0.4, -0.2) is 44.1 Å². The van der Waals surface area contributed by atoms with Crippen LogP contribution in [0.5, 0.6) is 0 Å². The lowest BCUT2D eigenvalue weighted by Gasteiger charge is -2.37. The molecule has 2 aromatic rings. The van der Waals surface area contributed by atoms with E-state index < -0.39 is 55.4 Å². The summed E-state index contributed by atoms with van der Waals surface area (Å²) in [6.07, 6.45) is -7.97. The molecule has 0 aromatic carbocycles. The molecule has 1 N–H and O–H groups in total. The van der Waals surface area contributed by atoms with Gasteiger partial charge in [0.25, 0.3) is 5.91 Å². The van der Waals surface area contributed by atoms with E-state index in [2.05, 4.69) is 20.4 Å². The monoisotopic (exact) mass is 407 g/mol. The van der Waals surface area contributed by atoms with Gasteiger partial charge in [-0.05, 0) is 31.4 Å². The van der Waals surface area contributed by atoms with Crippen molar-refractivity contribution in [1.29, 1.82) is 0 Å². The van der Waals surface area contributed by atoms with E-state index in [1.54, 1.807) is 0 Å². The van der Waals surface area contributed by atoms with Crippen LogP contribution in [0.25, 0.3) is 5.82 Å². The fraction of sp³-hybridized carbons (Fsp3) is 0.500. The highest BCUT2D eigenvalue weighted by Gasteiger charge is 2.52. The van der Waals surface area contributed by atoms with E-state index in [4.69, 9.17) is 0 Å². The van der Waals surface area contributed by atoms with Gasteiger partial charge < -0.3 is 5.32 Å². The quantitative estimate of drug-likeness (QED) is 0.793. The van der Waals surface area contributed by atoms with E-state index in [-0.39, 0.29) is 11.4 Å². The molecule has 1 aliphatic rings. The number of pyridine rings is 1. The first-order valence-corrected chi connectivity index (χ1v) is 8.30. The van der Waals surface area contributed by atoms with Crippen molar-refractivity contribution in [3.05, 3.63) is 36.5 Å². The minimum atomic E-state index is -4.77. The Balaban J connectivity index is 1.81. The molecule has 1 fully saturated rings. The van der Waals surface area contributed by atoms with Crippen molar-refractivity contribution in [2.45, 2.75) is 37.7 Å². The highest BCUT2D eigenvalue weighted by atomic mass is 19.4. The normalized spacial score (nSPS) is 23.4. The van der Waals surface area contributed by atoms with Crippen LogP contribution in [-0.2, 0) is 0 Å². The van der Waals surface area contributed by atoms with Gasteiger partial charge in [0.2, 0.25) is 0 Å². The average molecular weight is 407 g/mol. The third-order valence-electron chi connectivity index (χ3n) is 4.64. The fourth-order valence-electron chi connectivity index (χ4n) is 3.31. The van der Waals surface area contributed by atoms with Crippen LogP contribution in [0.4, 0.5) is 26.3 Å². The molecular weight excluding hydrogens is 392 g/mol. The molecule has 3 rings (SSSR count). The summed E-state index contributed by atoms with van der Waals surface area (Å²) < 4.78 is 79.6. The topological polar surface area (TPSA) is 72.7 Å². The van der Waals surface area contributed by atoms with Crippen molar-refractivity contribution in [2.24, 2.45) is 11.8 Å². The van der Waals surface area contributed by atoms with Crippen LogP contribution in [0.3, 0.4) is 0 Å². The molecule has 28 heavy (non-hydrogen) atoms. The van der Waals surface area contributed by atoms with Gasteiger partial charge in [0.15, 0.2) is 5.82 Å². The number of hydrogen-bond donors (Lipinski definition) is 1. The Bertz CT molecular complexity index is 798. The summed E-state index contributed by atoms with van der Waals surface area (Å²) in [6, 6.07) is 1.50. The first kappa shape index (κ1) is 20.1. The number of halogens is 6. The van der Waals surface area contributed by atoms with Crippen LogP contribution in [0, 0.1) is 11.8 Å². The Labute approximate surface area is 155 Å². The molecule has 2 atom stereocenters. The second-order valence-corrected chi connectivity index (χ2v) is 6.57. The number of carbonyl (C=O) groups is 1. The maximum Gasteiger partial charge on any atom is 0.391 e. The molecule has 0 unspecified atom stereocenters. The van der Waals surface area contributed by atoms with Crippen molar-refractivity contribution in [3.63, 3.8) is 0 Å². The van der Waals surface area contributed by atoms with E-state index >= 15 is 0 Å². The van der Waals surface area contributed by atoms with Gasteiger partial charge in [0.1, 0.15) is 12.7 Å². The second-order valence-electron chi connectivity index (χ2n) is 6.57. The molecule has 2 aromatic heterocycles. The van der Waals surface area contributed by atoms with Crippen LogP contribution in [0.15, 0.2) is 31.0 Å². The summed E-state index contributed by atoms with van der Waals surface area (Å²) in [4.78, 5) is 20.3. The fourth-order valence-corrected chi connectivity index (χ4v) is 3.31. The molecule has 0 bridgehead atoms. The van der Waals surface area contributed by atoms with E-state index in [0.717, 1.165) is 0 Å². The molecule has 0 radical (unpaired) electrons. The predicted molar refractivity (Wildman–Crippen MR) is 83.3 cm³/mol. The van der Waals surface area contributed by atoms with E-state index in [1.165, 1.54) is 35.7 Å². The molecule has 6 nitrogen and oxygen atoms in total. The number of nitrogens with zero attached hydrogens (tertiary/aromatic N) is 4. The van der Waals surface area contributed by atoms with Gasteiger partial charge >= 0.3 is 12.4 Å². The van der Waals surface area contributed by atoms with Crippen LogP contribution < -0.4 is 5.32 Å². The number of alkyl halides is 6. The lowest BCUT2D eigenvalue weighted by atomic mass is 9.77. The third-order valence-corrected chi connectivity index (χ3v) is 4.64. The molecule has 12 heteroatoms. The Kier molecular flexibility index (Phi) is 5.31. The highest BCUT2D eigenvalue weighted by molar-refractivity contribution is 5.97.